The second kappa shape index (κ2) is 12.7. The molecule has 0 fully saturated rings. The van der Waals surface area contributed by atoms with Gasteiger partial charge in [0.15, 0.2) is 5.82 Å². The second-order valence-electron chi connectivity index (χ2n) is 16.1. The highest BCUT2D eigenvalue weighted by molar-refractivity contribution is 6.14. The Morgan fingerprint density at radius 2 is 0.915 bits per heavy atom. The minimum atomic E-state index is -0.0588. The van der Waals surface area contributed by atoms with Gasteiger partial charge in [-0.1, -0.05) is 147 Å². The quantitative estimate of drug-likeness (QED) is 0.175. The molecule has 12 rings (SSSR count). The minimum absolute atomic E-state index is 0.0588. The summed E-state index contributed by atoms with van der Waals surface area (Å²) in [6.45, 7) is 4.67. The fourth-order valence-electron chi connectivity index (χ4n) is 9.41. The number of fused-ring (bicyclic) bond motifs is 9. The highest BCUT2D eigenvalue weighted by Crippen LogP contribution is 2.50. The van der Waals surface area contributed by atoms with Gasteiger partial charge in [-0.2, -0.15) is 0 Å². The molecule has 0 spiro atoms. The number of furan rings is 2. The molecule has 8 aromatic carbocycles. The first-order chi connectivity index (χ1) is 29.0. The maximum Gasteiger partial charge on any atom is 0.161 e. The Morgan fingerprint density at radius 1 is 0.356 bits per heavy atom. The van der Waals surface area contributed by atoms with Gasteiger partial charge < -0.3 is 8.83 Å². The van der Waals surface area contributed by atoms with Crippen LogP contribution >= 0.6 is 0 Å². The predicted molar refractivity (Wildman–Crippen MR) is 241 cm³/mol. The average Bonchev–Trinajstić information content (AvgIpc) is 3.94. The zero-order valence-corrected chi connectivity index (χ0v) is 32.5. The standard InChI is InChI=1S/C55H36N2O2/c1-55(2)44-21-8-6-17-38(44)39-27-25-37(31-45(39)55)35-16-10-15-34(29-35)36-26-28-49-43(30-36)53-42(20-12-24-51(53)59-49)54-56-46(33-13-4-3-5-14-33)32-47(57-54)40-19-11-23-50-52(40)41-18-7-9-22-48(41)58-50/h3-32H,1-2H3. The highest BCUT2D eigenvalue weighted by atomic mass is 16.3. The molecule has 11 aromatic rings. The number of hydrogen-bond donors (Lipinski definition) is 0. The van der Waals surface area contributed by atoms with Crippen molar-refractivity contribution in [1.82, 2.24) is 9.97 Å². The van der Waals surface area contributed by atoms with Crippen LogP contribution in [0.25, 0.3) is 111 Å². The summed E-state index contributed by atoms with van der Waals surface area (Å²) in [6, 6.07) is 64.1. The van der Waals surface area contributed by atoms with Crippen molar-refractivity contribution in [1.29, 1.82) is 0 Å². The zero-order chi connectivity index (χ0) is 39.2. The molecule has 0 saturated heterocycles. The molecule has 0 radical (unpaired) electrons. The number of nitrogens with zero attached hydrogens (tertiary/aromatic N) is 2. The van der Waals surface area contributed by atoms with Crippen molar-refractivity contribution < 1.29 is 8.83 Å². The lowest BCUT2D eigenvalue weighted by atomic mass is 9.81. The molecule has 4 nitrogen and oxygen atoms in total. The van der Waals surface area contributed by atoms with Crippen molar-refractivity contribution in [3.05, 3.63) is 193 Å². The maximum atomic E-state index is 6.54. The summed E-state index contributed by atoms with van der Waals surface area (Å²) in [6.07, 6.45) is 0. The number of para-hydroxylation sites is 1. The first-order valence-corrected chi connectivity index (χ1v) is 20.1. The fraction of sp³-hybridized carbons (Fsp3) is 0.0545. The molecule has 59 heavy (non-hydrogen) atoms. The van der Waals surface area contributed by atoms with Gasteiger partial charge in [-0.3, -0.25) is 0 Å². The molecule has 4 heteroatoms. The molecule has 0 N–H and O–H groups in total. The van der Waals surface area contributed by atoms with Crippen LogP contribution in [-0.4, -0.2) is 9.97 Å². The molecule has 0 aliphatic heterocycles. The molecule has 0 bridgehead atoms. The fourth-order valence-corrected chi connectivity index (χ4v) is 9.41. The lowest BCUT2D eigenvalue weighted by molar-refractivity contribution is 0.660. The zero-order valence-electron chi connectivity index (χ0n) is 32.5. The van der Waals surface area contributed by atoms with Crippen molar-refractivity contribution >= 4 is 43.9 Å². The smallest absolute Gasteiger partial charge is 0.161 e. The van der Waals surface area contributed by atoms with Crippen LogP contribution in [0.2, 0.25) is 0 Å². The van der Waals surface area contributed by atoms with Crippen molar-refractivity contribution in [3.63, 3.8) is 0 Å². The Bertz CT molecular complexity index is 3480. The molecule has 0 unspecified atom stereocenters. The molecule has 3 heterocycles. The first kappa shape index (κ1) is 33.6. The van der Waals surface area contributed by atoms with Gasteiger partial charge in [-0.05, 0) is 93.0 Å². The number of rotatable bonds is 5. The molecule has 1 aliphatic carbocycles. The number of benzene rings is 8. The van der Waals surface area contributed by atoms with E-state index in [0.29, 0.717) is 5.82 Å². The van der Waals surface area contributed by atoms with Crippen LogP contribution in [-0.2, 0) is 5.41 Å². The molecule has 1 aliphatic rings. The summed E-state index contributed by atoms with van der Waals surface area (Å²) in [5.41, 5.74) is 17.9. The van der Waals surface area contributed by atoms with E-state index in [-0.39, 0.29) is 5.41 Å². The Kier molecular flexibility index (Phi) is 7.24. The van der Waals surface area contributed by atoms with Crippen LogP contribution in [0.5, 0.6) is 0 Å². The third kappa shape index (κ3) is 5.23. The molecule has 0 atom stereocenters. The third-order valence-electron chi connectivity index (χ3n) is 12.3. The van der Waals surface area contributed by atoms with E-state index in [4.69, 9.17) is 18.8 Å². The van der Waals surface area contributed by atoms with Gasteiger partial charge in [0.2, 0.25) is 0 Å². The van der Waals surface area contributed by atoms with Crippen molar-refractivity contribution in [2.75, 3.05) is 0 Å². The van der Waals surface area contributed by atoms with Crippen LogP contribution in [0.3, 0.4) is 0 Å². The average molecular weight is 757 g/mol. The van der Waals surface area contributed by atoms with Gasteiger partial charge in [0.25, 0.3) is 0 Å². The topological polar surface area (TPSA) is 52.1 Å². The maximum absolute atomic E-state index is 6.54. The van der Waals surface area contributed by atoms with Crippen LogP contribution in [0.4, 0.5) is 0 Å². The highest BCUT2D eigenvalue weighted by Gasteiger charge is 2.35. The second-order valence-corrected chi connectivity index (χ2v) is 16.1. The van der Waals surface area contributed by atoms with Crippen molar-refractivity contribution in [2.24, 2.45) is 0 Å². The summed E-state index contributed by atoms with van der Waals surface area (Å²) >= 11 is 0. The Morgan fingerprint density at radius 3 is 1.75 bits per heavy atom. The predicted octanol–water partition coefficient (Wildman–Crippen LogP) is 14.9. The SMILES string of the molecule is CC1(C)c2ccccc2-c2ccc(-c3cccc(-c4ccc5oc6cccc(-c7nc(-c8ccccc8)cc(-c8cccc9oc%10ccccc%10c89)n7)c6c5c4)c3)cc21. The normalized spacial score (nSPS) is 13.1. The summed E-state index contributed by atoms with van der Waals surface area (Å²) in [4.78, 5) is 10.6. The van der Waals surface area contributed by atoms with E-state index >= 15 is 0 Å². The van der Waals surface area contributed by atoms with E-state index in [1.165, 1.54) is 33.4 Å². The van der Waals surface area contributed by atoms with Crippen molar-refractivity contribution in [3.8, 4) is 67.3 Å². The molecular weight excluding hydrogens is 721 g/mol. The monoisotopic (exact) mass is 756 g/mol. The van der Waals surface area contributed by atoms with Gasteiger partial charge in [0.05, 0.1) is 11.4 Å². The number of hydrogen-bond acceptors (Lipinski definition) is 4. The van der Waals surface area contributed by atoms with E-state index in [2.05, 4.69) is 141 Å². The minimum Gasteiger partial charge on any atom is -0.456 e. The summed E-state index contributed by atoms with van der Waals surface area (Å²) in [7, 11) is 0. The Hall–Kier alpha value is -7.56. The molecule has 0 amide bonds. The first-order valence-electron chi connectivity index (χ1n) is 20.1. The third-order valence-corrected chi connectivity index (χ3v) is 12.3. The van der Waals surface area contributed by atoms with E-state index < -0.39 is 0 Å². The van der Waals surface area contributed by atoms with E-state index in [1.54, 1.807) is 0 Å². The van der Waals surface area contributed by atoms with Crippen LogP contribution < -0.4 is 0 Å². The lowest BCUT2D eigenvalue weighted by Gasteiger charge is -2.22. The summed E-state index contributed by atoms with van der Waals surface area (Å²) < 4.78 is 12.8. The van der Waals surface area contributed by atoms with Gasteiger partial charge in [0.1, 0.15) is 22.3 Å². The van der Waals surface area contributed by atoms with E-state index in [0.717, 1.165) is 83.1 Å². The Labute approximate surface area is 341 Å². The molecule has 3 aromatic heterocycles. The van der Waals surface area contributed by atoms with E-state index in [1.807, 2.05) is 54.6 Å². The molecule has 0 saturated carbocycles. The van der Waals surface area contributed by atoms with Crippen LogP contribution in [0.15, 0.2) is 191 Å². The Balaban J connectivity index is 1.00. The van der Waals surface area contributed by atoms with Gasteiger partial charge >= 0.3 is 0 Å². The van der Waals surface area contributed by atoms with Gasteiger partial charge in [-0.25, -0.2) is 9.97 Å². The van der Waals surface area contributed by atoms with E-state index in [9.17, 15) is 0 Å². The number of aromatic nitrogens is 2. The molecule has 278 valence electrons. The largest absolute Gasteiger partial charge is 0.456 e. The van der Waals surface area contributed by atoms with Gasteiger partial charge in [0, 0.05) is 43.7 Å². The van der Waals surface area contributed by atoms with Crippen LogP contribution in [0, 0.1) is 0 Å². The van der Waals surface area contributed by atoms with Crippen molar-refractivity contribution in [2.45, 2.75) is 19.3 Å². The summed E-state index contributed by atoms with van der Waals surface area (Å²) in [5, 5.41) is 4.11. The van der Waals surface area contributed by atoms with Crippen LogP contribution in [0.1, 0.15) is 25.0 Å². The van der Waals surface area contributed by atoms with Gasteiger partial charge in [-0.15, -0.1) is 0 Å². The summed E-state index contributed by atoms with van der Waals surface area (Å²) in [5.74, 6) is 0.633. The lowest BCUT2D eigenvalue weighted by Crippen LogP contribution is -2.14. The molecular formula is C55H36N2O2.